The van der Waals surface area contributed by atoms with E-state index in [0.717, 1.165) is 25.4 Å². The largest absolute Gasteiger partial charge is 0.506 e. The van der Waals surface area contributed by atoms with Crippen molar-refractivity contribution in [1.82, 2.24) is 0 Å². The standard InChI is InChI=1S/C21H14I6O2/c1-9-13(22)3-10(4-14(9)23)21(2,11-5-15(24)19(28)16(25)6-11)12-7-17(26)20(29)18(27)8-12/h3-8,28-29H,1-2H3. The van der Waals surface area contributed by atoms with E-state index in [1.165, 1.54) is 18.3 Å². The average molecular weight is 1060 g/mol. The molecular formula is C21H14I6O2. The Morgan fingerprint density at radius 2 is 0.793 bits per heavy atom. The number of aromatic hydroxyl groups is 2. The molecule has 0 saturated heterocycles. The monoisotopic (exact) mass is 1060 g/mol. The van der Waals surface area contributed by atoms with Crippen molar-refractivity contribution >= 4 is 136 Å². The summed E-state index contributed by atoms with van der Waals surface area (Å²) in [6.07, 6.45) is 0. The van der Waals surface area contributed by atoms with Crippen LogP contribution < -0.4 is 0 Å². The van der Waals surface area contributed by atoms with Gasteiger partial charge in [-0.1, -0.05) is 0 Å². The molecule has 0 aliphatic rings. The normalized spacial score (nSPS) is 11.7. The van der Waals surface area contributed by atoms with Crippen LogP contribution in [0.5, 0.6) is 11.5 Å². The first-order valence-electron chi connectivity index (χ1n) is 8.30. The Morgan fingerprint density at radius 1 is 0.552 bits per heavy atom. The zero-order valence-corrected chi connectivity index (χ0v) is 28.1. The van der Waals surface area contributed by atoms with Crippen molar-refractivity contribution in [3.05, 3.63) is 80.1 Å². The molecule has 3 rings (SSSR count). The molecule has 0 atom stereocenters. The number of hydrogen-bond donors (Lipinski definition) is 2. The lowest BCUT2D eigenvalue weighted by Gasteiger charge is -2.33. The number of halogens is 6. The van der Waals surface area contributed by atoms with Gasteiger partial charge in [0.1, 0.15) is 11.5 Å². The maximum atomic E-state index is 10.3. The topological polar surface area (TPSA) is 40.5 Å². The molecule has 29 heavy (non-hydrogen) atoms. The fraction of sp³-hybridized carbons (Fsp3) is 0.143. The van der Waals surface area contributed by atoms with Gasteiger partial charge in [0.05, 0.1) is 14.3 Å². The summed E-state index contributed by atoms with van der Waals surface area (Å²) in [5.74, 6) is 0.639. The Morgan fingerprint density at radius 3 is 1.07 bits per heavy atom. The highest BCUT2D eigenvalue weighted by molar-refractivity contribution is 14.1. The van der Waals surface area contributed by atoms with Crippen molar-refractivity contribution in [3.63, 3.8) is 0 Å². The maximum absolute atomic E-state index is 10.3. The summed E-state index contributed by atoms with van der Waals surface area (Å²) in [5.41, 5.74) is 4.23. The van der Waals surface area contributed by atoms with E-state index in [1.807, 2.05) is 0 Å². The fourth-order valence-corrected chi connectivity index (χ4v) is 8.45. The van der Waals surface area contributed by atoms with Gasteiger partial charge >= 0.3 is 0 Å². The van der Waals surface area contributed by atoms with E-state index in [1.54, 1.807) is 0 Å². The molecule has 2 nitrogen and oxygen atoms in total. The van der Waals surface area contributed by atoms with Crippen LogP contribution in [0.25, 0.3) is 0 Å². The van der Waals surface area contributed by atoms with Crippen LogP contribution in [-0.2, 0) is 5.41 Å². The Kier molecular flexibility index (Phi) is 8.60. The lowest BCUT2D eigenvalue weighted by Crippen LogP contribution is -2.26. The number of rotatable bonds is 3. The highest BCUT2D eigenvalue weighted by Gasteiger charge is 2.34. The molecule has 0 aliphatic heterocycles. The summed E-state index contributed by atoms with van der Waals surface area (Å²) in [6.45, 7) is 4.37. The van der Waals surface area contributed by atoms with Gasteiger partial charge < -0.3 is 10.2 Å². The molecule has 0 aliphatic carbocycles. The fourth-order valence-electron chi connectivity index (χ4n) is 3.14. The SMILES string of the molecule is Cc1c(I)cc(C(C)(c2cc(I)c(O)c(I)c2)c2cc(I)c(O)c(I)c2)cc1I. The zero-order chi connectivity index (χ0) is 21.7. The lowest BCUT2D eigenvalue weighted by atomic mass is 9.71. The smallest absolute Gasteiger partial charge is 0.142 e. The van der Waals surface area contributed by atoms with Crippen LogP contribution in [0.4, 0.5) is 0 Å². The molecule has 2 N–H and O–H groups in total. The molecule has 8 heteroatoms. The minimum atomic E-state index is -0.450. The van der Waals surface area contributed by atoms with Gasteiger partial charge in [0.25, 0.3) is 0 Å². The molecule has 0 bridgehead atoms. The third-order valence-corrected chi connectivity index (χ3v) is 10.6. The predicted molar refractivity (Wildman–Crippen MR) is 169 cm³/mol. The van der Waals surface area contributed by atoms with Gasteiger partial charge in [-0.25, -0.2) is 0 Å². The van der Waals surface area contributed by atoms with Crippen molar-refractivity contribution in [2.24, 2.45) is 0 Å². The van der Waals surface area contributed by atoms with Crippen LogP contribution in [-0.4, -0.2) is 10.2 Å². The highest BCUT2D eigenvalue weighted by Crippen LogP contribution is 2.45. The van der Waals surface area contributed by atoms with E-state index < -0.39 is 5.41 Å². The lowest BCUT2D eigenvalue weighted by molar-refractivity contribution is 0.466. The van der Waals surface area contributed by atoms with Crippen LogP contribution in [0.1, 0.15) is 29.2 Å². The molecule has 152 valence electrons. The third kappa shape index (κ3) is 4.95. The molecule has 0 radical (unpaired) electrons. The minimum Gasteiger partial charge on any atom is -0.506 e. The van der Waals surface area contributed by atoms with Crippen molar-refractivity contribution in [2.45, 2.75) is 19.3 Å². The number of phenols is 2. The van der Waals surface area contributed by atoms with Crippen molar-refractivity contribution in [2.75, 3.05) is 0 Å². The summed E-state index contributed by atoms with van der Waals surface area (Å²) in [6, 6.07) is 12.7. The van der Waals surface area contributed by atoms with Crippen molar-refractivity contribution < 1.29 is 10.2 Å². The summed E-state index contributed by atoms with van der Waals surface area (Å²) >= 11 is 13.6. The van der Waals surface area contributed by atoms with E-state index in [9.17, 15) is 10.2 Å². The zero-order valence-electron chi connectivity index (χ0n) is 15.1. The van der Waals surface area contributed by atoms with Crippen LogP contribution in [0.2, 0.25) is 0 Å². The Labute approximate surface area is 252 Å². The molecule has 0 amide bonds. The highest BCUT2D eigenvalue weighted by atomic mass is 127. The molecule has 3 aromatic rings. The first-order chi connectivity index (χ1) is 13.5. The van der Waals surface area contributed by atoms with Gasteiger partial charge in [0.15, 0.2) is 0 Å². The second-order valence-electron chi connectivity index (χ2n) is 6.77. The molecule has 0 aromatic heterocycles. The van der Waals surface area contributed by atoms with Gasteiger partial charge in [0.2, 0.25) is 0 Å². The second kappa shape index (κ2) is 9.87. The number of phenolic OH excluding ortho intramolecular Hbond substituents is 2. The van der Waals surface area contributed by atoms with Gasteiger partial charge in [0, 0.05) is 12.6 Å². The Balaban J connectivity index is 2.42. The molecule has 0 heterocycles. The first-order valence-corrected chi connectivity index (χ1v) is 14.8. The summed E-state index contributed by atoms with van der Waals surface area (Å²) in [4.78, 5) is 0. The van der Waals surface area contributed by atoms with Gasteiger partial charge in [-0.05, 0) is 208 Å². The van der Waals surface area contributed by atoms with Crippen LogP contribution in [0, 0.1) is 28.3 Å². The van der Waals surface area contributed by atoms with Gasteiger partial charge in [-0.3, -0.25) is 0 Å². The molecule has 0 saturated carbocycles. The second-order valence-corrected chi connectivity index (χ2v) is 13.7. The third-order valence-electron chi connectivity index (χ3n) is 5.05. The van der Waals surface area contributed by atoms with E-state index in [0.29, 0.717) is 11.5 Å². The van der Waals surface area contributed by atoms with Gasteiger partial charge in [-0.2, -0.15) is 0 Å². The quantitative estimate of drug-likeness (QED) is 0.205. The van der Waals surface area contributed by atoms with Crippen molar-refractivity contribution in [3.8, 4) is 11.5 Å². The van der Waals surface area contributed by atoms with E-state index in [2.05, 4.69) is 186 Å². The number of hydrogen-bond acceptors (Lipinski definition) is 2. The van der Waals surface area contributed by atoms with Gasteiger partial charge in [-0.15, -0.1) is 0 Å². The van der Waals surface area contributed by atoms with Crippen molar-refractivity contribution in [1.29, 1.82) is 0 Å². The van der Waals surface area contributed by atoms with E-state index >= 15 is 0 Å². The average Bonchev–Trinajstić information content (AvgIpc) is 2.66. The molecule has 0 spiro atoms. The maximum Gasteiger partial charge on any atom is 0.142 e. The molecular weight excluding hydrogens is 1050 g/mol. The minimum absolute atomic E-state index is 0.320. The first kappa shape index (κ1) is 25.3. The molecule has 0 fully saturated rings. The molecule has 0 unspecified atom stereocenters. The Bertz CT molecular complexity index is 918. The van der Waals surface area contributed by atoms with E-state index in [4.69, 9.17) is 0 Å². The molecule has 3 aromatic carbocycles. The summed E-state index contributed by atoms with van der Waals surface area (Å²) < 4.78 is 5.76. The van der Waals surface area contributed by atoms with Crippen LogP contribution in [0.3, 0.4) is 0 Å². The summed E-state index contributed by atoms with van der Waals surface area (Å²) in [5, 5.41) is 20.7. The summed E-state index contributed by atoms with van der Waals surface area (Å²) in [7, 11) is 0. The number of benzene rings is 3. The van der Waals surface area contributed by atoms with Crippen LogP contribution in [0.15, 0.2) is 36.4 Å². The van der Waals surface area contributed by atoms with E-state index in [-0.39, 0.29) is 0 Å². The Hall–Kier alpha value is 1.64. The predicted octanol–water partition coefficient (Wildman–Crippen LogP) is 8.39. The van der Waals surface area contributed by atoms with Crippen LogP contribution >= 0.6 is 136 Å².